The van der Waals surface area contributed by atoms with Gasteiger partial charge < -0.3 is 0 Å². The average molecular weight is 359 g/mol. The summed E-state index contributed by atoms with van der Waals surface area (Å²) in [5.74, 6) is 0. The minimum Gasteiger partial charge on any atom is -0.206 e. The van der Waals surface area contributed by atoms with Gasteiger partial charge >= 0.3 is 0 Å². The van der Waals surface area contributed by atoms with Gasteiger partial charge in [0.15, 0.2) is 0 Å². The van der Waals surface area contributed by atoms with E-state index in [1.54, 1.807) is 16.3 Å². The van der Waals surface area contributed by atoms with Crippen LogP contribution in [0.15, 0.2) is 64.4 Å². The number of sulfonamides is 2. The van der Waals surface area contributed by atoms with E-state index in [4.69, 9.17) is 5.26 Å². The van der Waals surface area contributed by atoms with Crippen molar-refractivity contribution in [2.75, 3.05) is 0 Å². The molecule has 9 heteroatoms. The summed E-state index contributed by atoms with van der Waals surface area (Å²) in [6.45, 7) is 0. The van der Waals surface area contributed by atoms with Crippen LogP contribution < -0.4 is 4.13 Å². The third kappa shape index (κ3) is 3.84. The highest BCUT2D eigenvalue weighted by molar-refractivity contribution is 8.04. The van der Waals surface area contributed by atoms with E-state index < -0.39 is 20.0 Å². The molecule has 2 rings (SSSR count). The first-order chi connectivity index (χ1) is 9.87. The quantitative estimate of drug-likeness (QED) is 0.894. The van der Waals surface area contributed by atoms with E-state index in [0.29, 0.717) is 0 Å². The van der Waals surface area contributed by atoms with Gasteiger partial charge in [0.2, 0.25) is 0 Å². The fourth-order valence-corrected chi connectivity index (χ4v) is 4.71. The van der Waals surface area contributed by atoms with Crippen molar-refractivity contribution in [3.63, 3.8) is 0 Å². The Balaban J connectivity index is 0.00000242. The zero-order valence-electron chi connectivity index (χ0n) is 11.0. The van der Waals surface area contributed by atoms with Gasteiger partial charge in [-0.05, 0) is 24.3 Å². The van der Waals surface area contributed by atoms with Crippen LogP contribution >= 0.6 is 12.4 Å². The van der Waals surface area contributed by atoms with Crippen LogP contribution in [0.2, 0.25) is 0 Å². The van der Waals surface area contributed by atoms with Crippen molar-refractivity contribution in [1.29, 1.82) is 5.26 Å². The van der Waals surface area contributed by atoms with Crippen LogP contribution in [0.5, 0.6) is 0 Å². The van der Waals surface area contributed by atoms with Crippen LogP contribution in [0, 0.1) is 11.3 Å². The summed E-state index contributed by atoms with van der Waals surface area (Å²) in [6, 6.07) is 14.2. The number of nitriles is 1. The minimum absolute atomic E-state index is 0. The first-order valence-electron chi connectivity index (χ1n) is 5.69. The van der Waals surface area contributed by atoms with Gasteiger partial charge in [-0.15, -0.1) is 16.5 Å². The molecule has 1 N–H and O–H groups in total. The largest absolute Gasteiger partial charge is 0.255 e. The fourth-order valence-electron chi connectivity index (χ4n) is 1.63. The van der Waals surface area contributed by atoms with Crippen molar-refractivity contribution >= 4 is 32.5 Å². The van der Waals surface area contributed by atoms with Crippen molar-refractivity contribution in [3.05, 3.63) is 60.2 Å². The molecule has 6 nitrogen and oxygen atoms in total. The van der Waals surface area contributed by atoms with Crippen molar-refractivity contribution in [2.24, 2.45) is 0 Å². The number of benzene rings is 2. The van der Waals surface area contributed by atoms with E-state index in [2.05, 4.69) is 0 Å². The Morgan fingerprint density at radius 3 is 1.95 bits per heavy atom. The Hall–Kier alpha value is -1.92. The van der Waals surface area contributed by atoms with Crippen molar-refractivity contribution in [1.82, 2.24) is 4.13 Å². The van der Waals surface area contributed by atoms with E-state index >= 15 is 0 Å². The zero-order chi connectivity index (χ0) is 15.5. The fraction of sp³-hybridized carbons (Fsp3) is 0. The van der Waals surface area contributed by atoms with Crippen molar-refractivity contribution < 1.29 is 16.8 Å². The highest BCUT2D eigenvalue weighted by atomic mass is 35.5. The molecule has 0 radical (unpaired) electrons. The zero-order valence-corrected chi connectivity index (χ0v) is 13.5. The Bertz CT molecular complexity index is 905. The Kier molecular flexibility index (Phi) is 5.68. The highest BCUT2D eigenvalue weighted by Gasteiger charge is 2.26. The molecule has 2 aromatic rings. The smallest absolute Gasteiger partial charge is 0.206 e. The van der Waals surface area contributed by atoms with Crippen LogP contribution in [0.3, 0.4) is 0 Å². The van der Waals surface area contributed by atoms with Gasteiger partial charge in [-0.25, -0.2) is 16.8 Å². The van der Waals surface area contributed by atoms with Crippen LogP contribution in [0.1, 0.15) is 5.56 Å². The lowest BCUT2D eigenvalue weighted by Gasteiger charge is -2.08. The molecule has 0 aliphatic heterocycles. The van der Waals surface area contributed by atoms with Crippen molar-refractivity contribution in [3.8, 4) is 6.07 Å². The second kappa shape index (κ2) is 6.89. The first kappa shape index (κ1) is 18.1. The van der Waals surface area contributed by atoms with Crippen molar-refractivity contribution in [2.45, 2.75) is 9.79 Å². The highest BCUT2D eigenvalue weighted by Crippen LogP contribution is 2.17. The maximum Gasteiger partial charge on any atom is 0.255 e. The van der Waals surface area contributed by atoms with Gasteiger partial charge in [0.05, 0.1) is 10.5 Å². The average Bonchev–Trinajstić information content (AvgIpc) is 2.47. The van der Waals surface area contributed by atoms with E-state index in [0.717, 1.165) is 0 Å². The SMILES string of the molecule is Cl.N#Cc1ccccc1S(=O)(=O)NS(=O)(=O)c1ccccc1. The minimum atomic E-state index is -4.37. The van der Waals surface area contributed by atoms with Crippen LogP contribution in [0.25, 0.3) is 0 Å². The second-order valence-electron chi connectivity index (χ2n) is 4.01. The third-order valence-electron chi connectivity index (χ3n) is 2.57. The molecule has 0 amide bonds. The monoisotopic (exact) mass is 358 g/mol. The lowest BCUT2D eigenvalue weighted by molar-refractivity contribution is 0.577. The van der Waals surface area contributed by atoms with E-state index in [1.807, 2.05) is 0 Å². The lowest BCUT2D eigenvalue weighted by Crippen LogP contribution is -2.31. The molecular formula is C13H11ClN2O4S2. The number of halogens is 1. The summed E-state index contributed by atoms with van der Waals surface area (Å²) >= 11 is 0. The number of hydrogen-bond acceptors (Lipinski definition) is 5. The van der Waals surface area contributed by atoms with Gasteiger partial charge in [-0.3, -0.25) is 0 Å². The summed E-state index contributed by atoms with van der Waals surface area (Å²) in [5, 5.41) is 8.91. The topological polar surface area (TPSA) is 104 Å². The molecule has 22 heavy (non-hydrogen) atoms. The molecule has 116 valence electrons. The molecule has 0 fully saturated rings. The predicted octanol–water partition coefficient (Wildman–Crippen LogP) is 1.65. The molecule has 0 spiro atoms. The van der Waals surface area contributed by atoms with E-state index in [9.17, 15) is 16.8 Å². The Labute approximate surface area is 134 Å². The van der Waals surface area contributed by atoms with Gasteiger partial charge in [0.1, 0.15) is 11.0 Å². The number of rotatable bonds is 4. The Morgan fingerprint density at radius 1 is 0.818 bits per heavy atom. The molecule has 0 saturated carbocycles. The van der Waals surface area contributed by atoms with Crippen LogP contribution in [-0.2, 0) is 20.0 Å². The molecule has 0 atom stereocenters. The molecule has 0 aliphatic rings. The van der Waals surface area contributed by atoms with Crippen LogP contribution in [-0.4, -0.2) is 16.8 Å². The maximum atomic E-state index is 12.2. The molecule has 2 aromatic carbocycles. The lowest BCUT2D eigenvalue weighted by atomic mass is 10.2. The van der Waals surface area contributed by atoms with Gasteiger partial charge in [0, 0.05) is 0 Å². The number of nitrogens with zero attached hydrogens (tertiary/aromatic N) is 1. The third-order valence-corrected chi connectivity index (χ3v) is 6.15. The second-order valence-corrected chi connectivity index (χ2v) is 7.60. The number of hydrogen-bond donors (Lipinski definition) is 1. The summed E-state index contributed by atoms with van der Waals surface area (Å²) in [6.07, 6.45) is 0. The molecule has 0 bridgehead atoms. The van der Waals surface area contributed by atoms with Gasteiger partial charge in [0.25, 0.3) is 20.0 Å². The van der Waals surface area contributed by atoms with E-state index in [-0.39, 0.29) is 27.8 Å². The molecule has 0 saturated heterocycles. The summed E-state index contributed by atoms with van der Waals surface area (Å²) < 4.78 is 50.0. The molecule has 0 aliphatic carbocycles. The maximum absolute atomic E-state index is 12.2. The molecule has 0 heterocycles. The summed E-state index contributed by atoms with van der Waals surface area (Å²) in [7, 11) is -8.61. The van der Waals surface area contributed by atoms with Crippen LogP contribution in [0.4, 0.5) is 0 Å². The Morgan fingerprint density at radius 2 is 1.36 bits per heavy atom. The first-order valence-corrected chi connectivity index (χ1v) is 8.66. The molecule has 0 unspecified atom stereocenters. The normalized spacial score (nSPS) is 11.2. The summed E-state index contributed by atoms with van der Waals surface area (Å²) in [4.78, 5) is -0.560. The van der Waals surface area contributed by atoms with Gasteiger partial charge in [-0.1, -0.05) is 30.3 Å². The van der Waals surface area contributed by atoms with E-state index in [1.165, 1.54) is 48.5 Å². The molecular weight excluding hydrogens is 348 g/mol. The van der Waals surface area contributed by atoms with Gasteiger partial charge in [-0.2, -0.15) is 5.26 Å². The number of nitrogens with one attached hydrogen (secondary N) is 1. The molecule has 0 aromatic heterocycles. The standard InChI is InChI=1S/C13H10N2O4S2.ClH/c14-10-11-6-4-5-9-13(11)21(18,19)15-20(16,17)12-7-2-1-3-8-12;/h1-9,15H;1H. The summed E-state index contributed by atoms with van der Waals surface area (Å²) in [5.41, 5.74) is -0.131. The predicted molar refractivity (Wildman–Crippen MR) is 82.4 cm³/mol.